The lowest BCUT2D eigenvalue weighted by atomic mass is 9.33. The highest BCUT2D eigenvalue weighted by molar-refractivity contribution is 7.00. The van der Waals surface area contributed by atoms with E-state index in [1.165, 1.54) is 125 Å². The summed E-state index contributed by atoms with van der Waals surface area (Å²) >= 11 is 0. The maximum atomic E-state index is 2.69. The molecule has 2 aliphatic heterocycles. The van der Waals surface area contributed by atoms with E-state index in [0.29, 0.717) is 0 Å². The topological polar surface area (TPSA) is 9.72 Å². The van der Waals surface area contributed by atoms with Gasteiger partial charge in [-0.15, -0.1) is 0 Å². The van der Waals surface area contributed by atoms with Crippen molar-refractivity contribution < 1.29 is 0 Å². The molecule has 13 rings (SSSR count). The summed E-state index contributed by atoms with van der Waals surface area (Å²) in [7, 11) is 0. The Hall–Kier alpha value is -6.78. The third kappa shape index (κ3) is 7.87. The van der Waals surface area contributed by atoms with Crippen molar-refractivity contribution in [3.05, 3.63) is 202 Å². The molecule has 3 aliphatic carbocycles. The van der Waals surface area contributed by atoms with Gasteiger partial charge in [0.1, 0.15) is 0 Å². The molecule has 0 amide bonds. The molecule has 79 heavy (non-hydrogen) atoms. The molecule has 0 bridgehead atoms. The van der Waals surface area contributed by atoms with Crippen molar-refractivity contribution in [3.8, 4) is 11.1 Å². The number of anilines is 9. The second-order valence-corrected chi connectivity index (χ2v) is 29.8. The van der Waals surface area contributed by atoms with E-state index in [4.69, 9.17) is 0 Å². The zero-order valence-corrected chi connectivity index (χ0v) is 50.5. The first-order chi connectivity index (χ1) is 37.0. The summed E-state index contributed by atoms with van der Waals surface area (Å²) in [5, 5.41) is 0. The zero-order chi connectivity index (χ0) is 55.9. The predicted octanol–water partition coefficient (Wildman–Crippen LogP) is 18.8. The number of benzene rings is 8. The van der Waals surface area contributed by atoms with Crippen molar-refractivity contribution in [1.29, 1.82) is 0 Å². The molecule has 4 heteroatoms. The largest absolute Gasteiger partial charge is 0.311 e. The molecule has 8 aromatic rings. The molecule has 8 aromatic carbocycles. The third-order valence-electron chi connectivity index (χ3n) is 19.8. The van der Waals surface area contributed by atoms with Gasteiger partial charge in [-0.1, -0.05) is 184 Å². The van der Waals surface area contributed by atoms with Crippen LogP contribution in [0.1, 0.15) is 180 Å². The van der Waals surface area contributed by atoms with Gasteiger partial charge < -0.3 is 14.7 Å². The lowest BCUT2D eigenvalue weighted by Crippen LogP contribution is -2.61. The Kier molecular flexibility index (Phi) is 11.0. The summed E-state index contributed by atoms with van der Waals surface area (Å²) in [5.74, 6) is 0. The Bertz CT molecular complexity index is 3770. The number of aryl methyl sites for hydroxylation is 1. The monoisotopic (exact) mass is 1040 g/mol. The number of hydrogen-bond acceptors (Lipinski definition) is 3. The van der Waals surface area contributed by atoms with Crippen LogP contribution in [0.4, 0.5) is 51.2 Å². The van der Waals surface area contributed by atoms with Crippen LogP contribution < -0.4 is 31.1 Å². The standard InChI is InChI=1S/C75H82BN3/c1-46-38-66-68-67(39-46)79(52-31-34-58-59(41-52)72(10,11)37-36-71(58,8)9)65-44-61-60(73(12,13)45-74(61,14)15)43-63(65)76(68)62-35-32-53(42-64(62)78(66)51-30-33-57-55(40-51)54-20-18-19-21-56(54)75(57,16)17)77(49-26-22-47(23-27-49)69(2,3)4)50-28-24-48(25-29-50)70(5,6)7/h18-35,38-44H,36-37,45H2,1-17H3. The number of fused-ring (bicyclic) bond motifs is 9. The zero-order valence-electron chi connectivity index (χ0n) is 50.5. The van der Waals surface area contributed by atoms with Crippen LogP contribution in [0.3, 0.4) is 0 Å². The highest BCUT2D eigenvalue weighted by Crippen LogP contribution is 2.56. The number of nitrogens with zero attached hydrogens (tertiary/aromatic N) is 3. The van der Waals surface area contributed by atoms with E-state index in [-0.39, 0.29) is 44.6 Å². The molecular formula is C75H82BN3. The van der Waals surface area contributed by atoms with Crippen LogP contribution in [0, 0.1) is 6.92 Å². The predicted molar refractivity (Wildman–Crippen MR) is 341 cm³/mol. The van der Waals surface area contributed by atoms with E-state index >= 15 is 0 Å². The summed E-state index contributed by atoms with van der Waals surface area (Å²) < 4.78 is 0. The van der Waals surface area contributed by atoms with E-state index in [0.717, 1.165) is 23.5 Å². The first kappa shape index (κ1) is 51.6. The van der Waals surface area contributed by atoms with Crippen LogP contribution in [-0.4, -0.2) is 6.71 Å². The minimum Gasteiger partial charge on any atom is -0.311 e. The SMILES string of the molecule is Cc1cc2c3c(c1)N(c1ccc4c(c1)C(C)(C)CCC4(C)C)c1cc4c(cc1B3c1ccc(N(c3ccc(C(C)(C)C)cc3)c3ccc(C(C)(C)C)cc3)cc1N2c1ccc2c(c1)-c1ccccc1C2(C)C)C(C)(C)CC4(C)C. The van der Waals surface area contributed by atoms with Gasteiger partial charge in [0.25, 0.3) is 6.71 Å². The first-order valence-corrected chi connectivity index (χ1v) is 29.5. The lowest BCUT2D eigenvalue weighted by molar-refractivity contribution is 0.332. The first-order valence-electron chi connectivity index (χ1n) is 29.5. The van der Waals surface area contributed by atoms with Crippen molar-refractivity contribution >= 4 is 74.3 Å². The van der Waals surface area contributed by atoms with Crippen molar-refractivity contribution in [2.75, 3.05) is 14.7 Å². The molecule has 0 fully saturated rings. The van der Waals surface area contributed by atoms with Gasteiger partial charge in [-0.05, 0) is 215 Å². The maximum Gasteiger partial charge on any atom is 0.252 e. The molecule has 0 saturated carbocycles. The van der Waals surface area contributed by atoms with Gasteiger partial charge >= 0.3 is 0 Å². The summed E-state index contributed by atoms with van der Waals surface area (Å²) in [6.07, 6.45) is 3.47. The highest BCUT2D eigenvalue weighted by Gasteiger charge is 2.49. The molecule has 0 aromatic heterocycles. The summed E-state index contributed by atoms with van der Waals surface area (Å²) in [5.41, 5.74) is 30.5. The van der Waals surface area contributed by atoms with Crippen molar-refractivity contribution in [3.63, 3.8) is 0 Å². The molecule has 0 radical (unpaired) electrons. The highest BCUT2D eigenvalue weighted by atomic mass is 15.2. The summed E-state index contributed by atoms with van der Waals surface area (Å²) in [6.45, 7) is 40.7. The Labute approximate surface area is 474 Å². The molecule has 5 aliphatic rings. The molecule has 0 unspecified atom stereocenters. The van der Waals surface area contributed by atoms with Gasteiger partial charge in [0, 0.05) is 56.6 Å². The smallest absolute Gasteiger partial charge is 0.252 e. The maximum absolute atomic E-state index is 2.69. The van der Waals surface area contributed by atoms with Gasteiger partial charge in [-0.3, -0.25) is 0 Å². The molecule has 400 valence electrons. The molecule has 0 spiro atoms. The van der Waals surface area contributed by atoms with Crippen LogP contribution >= 0.6 is 0 Å². The fourth-order valence-electron chi connectivity index (χ4n) is 15.5. The van der Waals surface area contributed by atoms with Crippen molar-refractivity contribution in [1.82, 2.24) is 0 Å². The van der Waals surface area contributed by atoms with E-state index in [2.05, 4.69) is 284 Å². The lowest BCUT2D eigenvalue weighted by Gasteiger charge is -2.46. The normalized spacial score (nSPS) is 18.2. The Morgan fingerprint density at radius 3 is 1.47 bits per heavy atom. The van der Waals surface area contributed by atoms with Gasteiger partial charge in [0.15, 0.2) is 0 Å². The van der Waals surface area contributed by atoms with Crippen LogP contribution in [0.5, 0.6) is 0 Å². The quantitative estimate of drug-likeness (QED) is 0.159. The molecule has 3 nitrogen and oxygen atoms in total. The minimum atomic E-state index is -0.109. The van der Waals surface area contributed by atoms with Crippen LogP contribution in [0.2, 0.25) is 0 Å². The number of hydrogen-bond donors (Lipinski definition) is 0. The molecule has 0 saturated heterocycles. The van der Waals surface area contributed by atoms with E-state index in [1.54, 1.807) is 0 Å². The molecule has 0 atom stereocenters. The van der Waals surface area contributed by atoms with Crippen molar-refractivity contribution in [2.45, 2.75) is 175 Å². The van der Waals surface area contributed by atoms with Gasteiger partial charge in [-0.2, -0.15) is 0 Å². The fourth-order valence-corrected chi connectivity index (χ4v) is 15.5. The minimum absolute atomic E-state index is 0.0178. The molecular weight excluding hydrogens is 954 g/mol. The van der Waals surface area contributed by atoms with Crippen molar-refractivity contribution in [2.24, 2.45) is 0 Å². The molecule has 2 heterocycles. The van der Waals surface area contributed by atoms with Crippen LogP contribution in [0.25, 0.3) is 11.1 Å². The molecule has 0 N–H and O–H groups in total. The second kappa shape index (κ2) is 16.9. The van der Waals surface area contributed by atoms with Gasteiger partial charge in [0.05, 0.1) is 0 Å². The average Bonchev–Trinajstić information content (AvgIpc) is 3.11. The van der Waals surface area contributed by atoms with Crippen LogP contribution in [0.15, 0.2) is 152 Å². The third-order valence-corrected chi connectivity index (χ3v) is 19.8. The summed E-state index contributed by atoms with van der Waals surface area (Å²) in [6, 6.07) is 60.5. The van der Waals surface area contributed by atoms with E-state index < -0.39 is 0 Å². The second-order valence-electron chi connectivity index (χ2n) is 29.8. The Balaban J connectivity index is 1.11. The average molecular weight is 1040 g/mol. The van der Waals surface area contributed by atoms with E-state index in [9.17, 15) is 0 Å². The number of rotatable bonds is 5. The Morgan fingerprint density at radius 2 is 0.886 bits per heavy atom. The van der Waals surface area contributed by atoms with Gasteiger partial charge in [0.2, 0.25) is 0 Å². The Morgan fingerprint density at radius 1 is 0.405 bits per heavy atom. The van der Waals surface area contributed by atoms with E-state index in [1.807, 2.05) is 0 Å². The van der Waals surface area contributed by atoms with Crippen LogP contribution in [-0.2, 0) is 37.9 Å². The van der Waals surface area contributed by atoms with Gasteiger partial charge in [-0.25, -0.2) is 0 Å². The summed E-state index contributed by atoms with van der Waals surface area (Å²) in [4.78, 5) is 7.84. The fraction of sp³-hybridized carbons (Fsp3) is 0.360.